The van der Waals surface area contributed by atoms with Crippen LogP contribution < -0.4 is 0 Å². The van der Waals surface area contributed by atoms with Crippen LogP contribution in [0.1, 0.15) is 0 Å². The van der Waals surface area contributed by atoms with Gasteiger partial charge in [0, 0.05) is 50.8 Å². The molecule has 50 heavy (non-hydrogen) atoms. The Labute approximate surface area is 287 Å². The first-order chi connectivity index (χ1) is 24.8. The maximum absolute atomic E-state index is 6.76. The number of benzene rings is 6. The molecule has 0 saturated heterocycles. The highest BCUT2D eigenvalue weighted by molar-refractivity contribution is 6.18. The highest BCUT2D eigenvalue weighted by Gasteiger charge is 2.20. The van der Waals surface area contributed by atoms with E-state index in [1.165, 1.54) is 5.39 Å². The van der Waals surface area contributed by atoms with Crippen molar-refractivity contribution in [3.63, 3.8) is 0 Å². The van der Waals surface area contributed by atoms with E-state index in [0.29, 0.717) is 17.5 Å². The van der Waals surface area contributed by atoms with Crippen molar-refractivity contribution >= 4 is 43.7 Å². The van der Waals surface area contributed by atoms with Gasteiger partial charge in [-0.05, 0) is 65.7 Å². The summed E-state index contributed by atoms with van der Waals surface area (Å²) < 4.78 is 9.08. The van der Waals surface area contributed by atoms with Gasteiger partial charge in [-0.2, -0.15) is 0 Å². The van der Waals surface area contributed by atoms with Gasteiger partial charge in [-0.25, -0.2) is 15.0 Å². The first-order valence-corrected chi connectivity index (χ1v) is 16.5. The zero-order valence-electron chi connectivity index (χ0n) is 26.7. The molecule has 0 amide bonds. The number of rotatable bonds is 5. The fraction of sp³-hybridized carbons (Fsp3) is 0. The van der Waals surface area contributed by atoms with E-state index in [4.69, 9.17) is 19.4 Å². The smallest absolute Gasteiger partial charge is 0.167 e. The average Bonchev–Trinajstić information content (AvgIpc) is 3.72. The molecule has 10 aromatic rings. The van der Waals surface area contributed by atoms with Gasteiger partial charge >= 0.3 is 0 Å². The molecule has 4 aromatic heterocycles. The highest BCUT2D eigenvalue weighted by atomic mass is 16.3. The molecule has 0 fully saturated rings. The molecule has 4 heterocycles. The topological polar surface area (TPSA) is 69.6 Å². The Morgan fingerprint density at radius 1 is 0.440 bits per heavy atom. The van der Waals surface area contributed by atoms with Crippen LogP contribution in [0.4, 0.5) is 0 Å². The highest BCUT2D eigenvalue weighted by Crippen LogP contribution is 2.40. The summed E-state index contributed by atoms with van der Waals surface area (Å²) in [6.07, 6.45) is 3.53. The summed E-state index contributed by atoms with van der Waals surface area (Å²) >= 11 is 0. The Bertz CT molecular complexity index is 2860. The molecule has 234 valence electrons. The van der Waals surface area contributed by atoms with E-state index >= 15 is 0 Å². The molecule has 6 heteroatoms. The summed E-state index contributed by atoms with van der Waals surface area (Å²) in [4.78, 5) is 19.4. The Morgan fingerprint density at radius 2 is 1.12 bits per heavy atom. The van der Waals surface area contributed by atoms with Gasteiger partial charge in [-0.1, -0.05) is 97.1 Å². The Kier molecular flexibility index (Phi) is 6.39. The van der Waals surface area contributed by atoms with Crippen molar-refractivity contribution < 1.29 is 4.42 Å². The Morgan fingerprint density at radius 3 is 1.96 bits per heavy atom. The number of nitrogens with zero attached hydrogens (tertiary/aromatic N) is 5. The summed E-state index contributed by atoms with van der Waals surface area (Å²) in [5, 5.41) is 4.35. The largest absolute Gasteiger partial charge is 0.455 e. The molecule has 0 N–H and O–H groups in total. The van der Waals surface area contributed by atoms with E-state index in [-0.39, 0.29) is 0 Å². The van der Waals surface area contributed by atoms with Gasteiger partial charge in [0.2, 0.25) is 0 Å². The standard InChI is InChI=1S/C44H27N5O/c1-3-12-28(13-4-1)29-14-9-15-30(24-29)42-46-43(31-16-11-23-45-27-31)48-44(47-42)35-21-10-20-34-37-25-39-36(26-40(37)50-41(34)35)33-19-7-8-22-38(33)49(39)32-17-5-2-6-18-32/h1-27H. The predicted molar refractivity (Wildman–Crippen MR) is 201 cm³/mol. The molecule has 6 aromatic carbocycles. The van der Waals surface area contributed by atoms with Gasteiger partial charge in [0.05, 0.1) is 16.6 Å². The van der Waals surface area contributed by atoms with Crippen LogP contribution in [-0.4, -0.2) is 24.5 Å². The van der Waals surface area contributed by atoms with Crippen molar-refractivity contribution in [2.45, 2.75) is 0 Å². The van der Waals surface area contributed by atoms with Crippen LogP contribution >= 0.6 is 0 Å². The zero-order chi connectivity index (χ0) is 33.0. The SMILES string of the molecule is c1ccc(-c2cccc(-c3nc(-c4cccnc4)nc(-c4cccc5c4oc4cc6c7ccccc7n(-c7ccccc7)c6cc45)n3)c2)cc1. The lowest BCUT2D eigenvalue weighted by Crippen LogP contribution is -2.00. The second kappa shape index (κ2) is 11.4. The Balaban J connectivity index is 1.20. The molecule has 0 bridgehead atoms. The summed E-state index contributed by atoms with van der Waals surface area (Å²) in [5.74, 6) is 1.66. The van der Waals surface area contributed by atoms with Gasteiger partial charge in [0.1, 0.15) is 11.2 Å². The monoisotopic (exact) mass is 641 g/mol. The van der Waals surface area contributed by atoms with Crippen LogP contribution in [0.5, 0.6) is 0 Å². The average molecular weight is 642 g/mol. The third-order valence-electron chi connectivity index (χ3n) is 9.33. The van der Waals surface area contributed by atoms with Crippen molar-refractivity contribution in [1.29, 1.82) is 0 Å². The summed E-state index contributed by atoms with van der Waals surface area (Å²) in [5.41, 5.74) is 9.66. The lowest BCUT2D eigenvalue weighted by atomic mass is 10.0. The van der Waals surface area contributed by atoms with Crippen molar-refractivity contribution in [2.24, 2.45) is 0 Å². The molecule has 0 saturated carbocycles. The van der Waals surface area contributed by atoms with Crippen LogP contribution in [0.2, 0.25) is 0 Å². The normalized spacial score (nSPS) is 11.6. The predicted octanol–water partition coefficient (Wildman–Crippen LogP) is 10.9. The van der Waals surface area contributed by atoms with Crippen LogP contribution in [0.3, 0.4) is 0 Å². The van der Waals surface area contributed by atoms with Gasteiger partial charge in [0.15, 0.2) is 17.5 Å². The number of para-hydroxylation sites is 3. The zero-order valence-corrected chi connectivity index (χ0v) is 26.7. The molecule has 0 aliphatic heterocycles. The molecule has 0 aliphatic rings. The van der Waals surface area contributed by atoms with Crippen LogP contribution in [0, 0.1) is 0 Å². The van der Waals surface area contributed by atoms with Crippen molar-refractivity contribution in [3.8, 4) is 51.0 Å². The first-order valence-electron chi connectivity index (χ1n) is 16.5. The molecule has 6 nitrogen and oxygen atoms in total. The van der Waals surface area contributed by atoms with E-state index in [2.05, 4.69) is 101 Å². The van der Waals surface area contributed by atoms with E-state index < -0.39 is 0 Å². The molecule has 0 unspecified atom stereocenters. The number of fused-ring (bicyclic) bond motifs is 6. The first kappa shape index (κ1) is 28.1. The second-order valence-electron chi connectivity index (χ2n) is 12.3. The van der Waals surface area contributed by atoms with Gasteiger partial charge < -0.3 is 8.98 Å². The van der Waals surface area contributed by atoms with E-state index in [1.807, 2.05) is 60.7 Å². The van der Waals surface area contributed by atoms with Crippen LogP contribution in [0.25, 0.3) is 94.7 Å². The molecular formula is C44H27N5O. The minimum absolute atomic E-state index is 0.535. The number of aromatic nitrogens is 5. The molecule has 0 spiro atoms. The van der Waals surface area contributed by atoms with Crippen LogP contribution in [-0.2, 0) is 0 Å². The van der Waals surface area contributed by atoms with Crippen molar-refractivity contribution in [3.05, 3.63) is 164 Å². The molecule has 0 aliphatic carbocycles. The minimum atomic E-state index is 0.535. The maximum Gasteiger partial charge on any atom is 0.167 e. The third kappa shape index (κ3) is 4.58. The summed E-state index contributed by atoms with van der Waals surface area (Å²) in [6, 6.07) is 52.1. The Hall–Kier alpha value is -6.92. The molecule has 10 rings (SSSR count). The molecule has 0 atom stereocenters. The fourth-order valence-electron chi connectivity index (χ4n) is 7.01. The number of pyridine rings is 1. The van der Waals surface area contributed by atoms with Crippen molar-refractivity contribution in [2.75, 3.05) is 0 Å². The minimum Gasteiger partial charge on any atom is -0.455 e. The van der Waals surface area contributed by atoms with E-state index in [9.17, 15) is 0 Å². The lowest BCUT2D eigenvalue weighted by molar-refractivity contribution is 0.670. The summed E-state index contributed by atoms with van der Waals surface area (Å²) in [6.45, 7) is 0. The number of furan rings is 1. The van der Waals surface area contributed by atoms with E-state index in [0.717, 1.165) is 71.9 Å². The van der Waals surface area contributed by atoms with Gasteiger partial charge in [-0.3, -0.25) is 4.98 Å². The number of hydrogen-bond acceptors (Lipinski definition) is 5. The molecular weight excluding hydrogens is 615 g/mol. The quantitative estimate of drug-likeness (QED) is 0.187. The molecule has 0 radical (unpaired) electrons. The fourth-order valence-corrected chi connectivity index (χ4v) is 7.01. The van der Waals surface area contributed by atoms with Gasteiger partial charge in [-0.15, -0.1) is 0 Å². The van der Waals surface area contributed by atoms with Gasteiger partial charge in [0.25, 0.3) is 0 Å². The van der Waals surface area contributed by atoms with Crippen LogP contribution in [0.15, 0.2) is 168 Å². The van der Waals surface area contributed by atoms with E-state index in [1.54, 1.807) is 12.4 Å². The maximum atomic E-state index is 6.76. The van der Waals surface area contributed by atoms with Crippen molar-refractivity contribution in [1.82, 2.24) is 24.5 Å². The lowest BCUT2D eigenvalue weighted by Gasteiger charge is -2.10. The second-order valence-corrected chi connectivity index (χ2v) is 12.3. The third-order valence-corrected chi connectivity index (χ3v) is 9.33. The number of hydrogen-bond donors (Lipinski definition) is 0. The summed E-state index contributed by atoms with van der Waals surface area (Å²) in [7, 11) is 0.